The molecule has 0 radical (unpaired) electrons. The number of aromatic nitrogens is 1. The van der Waals surface area contributed by atoms with Crippen LogP contribution in [-0.2, 0) is 6.54 Å². The Kier molecular flexibility index (Phi) is 5.97. The number of non-ortho nitro benzene ring substituents is 1. The molecule has 0 saturated carbocycles. The summed E-state index contributed by atoms with van der Waals surface area (Å²) in [5.41, 5.74) is 1.14. The summed E-state index contributed by atoms with van der Waals surface area (Å²) >= 11 is 0. The van der Waals surface area contributed by atoms with Gasteiger partial charge in [-0.15, -0.1) is 0 Å². The minimum Gasteiger partial charge on any atom is -0.333 e. The normalized spacial score (nSPS) is 10.6. The number of benzene rings is 1. The van der Waals surface area contributed by atoms with E-state index in [0.29, 0.717) is 25.2 Å². The van der Waals surface area contributed by atoms with Crippen molar-refractivity contribution in [2.45, 2.75) is 6.54 Å². The molecule has 1 heterocycles. The van der Waals surface area contributed by atoms with Gasteiger partial charge in [-0.3, -0.25) is 19.9 Å². The second kappa shape index (κ2) is 8.16. The number of nitrogens with zero attached hydrogens (tertiary/aromatic N) is 4. The fourth-order valence-electron chi connectivity index (χ4n) is 2.22. The highest BCUT2D eigenvalue weighted by atomic mass is 16.6. The zero-order valence-corrected chi connectivity index (χ0v) is 13.8. The van der Waals surface area contributed by atoms with Crippen LogP contribution in [0.4, 0.5) is 5.69 Å². The first-order valence-electron chi connectivity index (χ1n) is 7.54. The third-order valence-corrected chi connectivity index (χ3v) is 3.50. The van der Waals surface area contributed by atoms with Crippen LogP contribution in [0.3, 0.4) is 0 Å². The van der Waals surface area contributed by atoms with Gasteiger partial charge >= 0.3 is 0 Å². The minimum absolute atomic E-state index is 0.0882. The molecule has 1 amide bonds. The molecule has 0 aliphatic carbocycles. The fourth-order valence-corrected chi connectivity index (χ4v) is 2.22. The second-order valence-electron chi connectivity index (χ2n) is 5.70. The van der Waals surface area contributed by atoms with Gasteiger partial charge in [0.05, 0.1) is 4.92 Å². The number of likely N-dealkylation sites (N-methyl/N-ethyl adjacent to an activating group) is 1. The van der Waals surface area contributed by atoms with Crippen LogP contribution in [0.5, 0.6) is 0 Å². The number of carbonyl (C=O) groups is 1. The van der Waals surface area contributed by atoms with Gasteiger partial charge in [-0.1, -0.05) is 12.1 Å². The molecule has 126 valence electrons. The Balaban J connectivity index is 2.23. The van der Waals surface area contributed by atoms with Gasteiger partial charge in [-0.25, -0.2) is 0 Å². The molecule has 0 atom stereocenters. The van der Waals surface area contributed by atoms with Crippen LogP contribution in [0.15, 0.2) is 48.8 Å². The molecular weight excluding hydrogens is 308 g/mol. The molecule has 0 aliphatic rings. The van der Waals surface area contributed by atoms with Crippen LogP contribution < -0.4 is 0 Å². The molecule has 1 aromatic heterocycles. The van der Waals surface area contributed by atoms with Gasteiger partial charge in [0.15, 0.2) is 0 Å². The van der Waals surface area contributed by atoms with Crippen molar-refractivity contribution in [1.82, 2.24) is 14.8 Å². The topological polar surface area (TPSA) is 79.6 Å². The summed E-state index contributed by atoms with van der Waals surface area (Å²) in [4.78, 5) is 30.9. The van der Waals surface area contributed by atoms with Crippen molar-refractivity contribution in [3.8, 4) is 0 Å². The van der Waals surface area contributed by atoms with Crippen molar-refractivity contribution in [3.05, 3.63) is 70.0 Å². The van der Waals surface area contributed by atoms with Crippen LogP contribution in [0.2, 0.25) is 0 Å². The van der Waals surface area contributed by atoms with Crippen molar-refractivity contribution >= 4 is 11.6 Å². The summed E-state index contributed by atoms with van der Waals surface area (Å²) in [5, 5.41) is 10.9. The monoisotopic (exact) mass is 328 g/mol. The summed E-state index contributed by atoms with van der Waals surface area (Å²) in [6, 6.07) is 9.53. The predicted octanol–water partition coefficient (Wildman–Crippen LogP) is 2.19. The number of carbonyl (C=O) groups excluding carboxylic acids is 1. The van der Waals surface area contributed by atoms with Gasteiger partial charge in [0.2, 0.25) is 0 Å². The van der Waals surface area contributed by atoms with E-state index in [9.17, 15) is 14.9 Å². The van der Waals surface area contributed by atoms with Gasteiger partial charge in [0.25, 0.3) is 11.6 Å². The molecule has 0 fully saturated rings. The average Bonchev–Trinajstić information content (AvgIpc) is 2.58. The predicted molar refractivity (Wildman–Crippen MR) is 90.6 cm³/mol. The van der Waals surface area contributed by atoms with Crippen molar-refractivity contribution < 1.29 is 9.72 Å². The lowest BCUT2D eigenvalue weighted by Gasteiger charge is -2.24. The van der Waals surface area contributed by atoms with Crippen molar-refractivity contribution in [2.75, 3.05) is 27.2 Å². The highest BCUT2D eigenvalue weighted by molar-refractivity contribution is 5.94. The molecule has 7 nitrogen and oxygen atoms in total. The summed E-state index contributed by atoms with van der Waals surface area (Å²) in [6.07, 6.45) is 3.39. The molecule has 0 N–H and O–H groups in total. The maximum atomic E-state index is 12.8. The number of pyridine rings is 1. The summed E-state index contributed by atoms with van der Waals surface area (Å²) in [7, 11) is 3.86. The first-order chi connectivity index (χ1) is 11.5. The first kappa shape index (κ1) is 17.6. The number of hydrogen-bond donors (Lipinski definition) is 0. The number of nitro benzene ring substituents is 1. The van der Waals surface area contributed by atoms with Crippen LogP contribution in [0, 0.1) is 10.1 Å². The Morgan fingerprint density at radius 2 is 2.00 bits per heavy atom. The van der Waals surface area contributed by atoms with E-state index in [1.807, 2.05) is 31.1 Å². The number of amides is 1. The van der Waals surface area contributed by atoms with Crippen molar-refractivity contribution in [2.24, 2.45) is 0 Å². The lowest BCUT2D eigenvalue weighted by molar-refractivity contribution is -0.384. The van der Waals surface area contributed by atoms with Gasteiger partial charge in [-0.2, -0.15) is 0 Å². The van der Waals surface area contributed by atoms with E-state index in [2.05, 4.69) is 4.98 Å². The van der Waals surface area contributed by atoms with Crippen LogP contribution in [0.1, 0.15) is 15.9 Å². The molecule has 0 saturated heterocycles. The SMILES string of the molecule is CN(C)CCN(Cc1cccnc1)C(=O)c1cccc([N+](=O)[O-])c1. The number of nitro groups is 1. The van der Waals surface area contributed by atoms with E-state index < -0.39 is 4.92 Å². The third-order valence-electron chi connectivity index (χ3n) is 3.50. The first-order valence-corrected chi connectivity index (χ1v) is 7.54. The van der Waals surface area contributed by atoms with E-state index in [-0.39, 0.29) is 11.6 Å². The highest BCUT2D eigenvalue weighted by Gasteiger charge is 2.18. The third kappa shape index (κ3) is 4.85. The van der Waals surface area contributed by atoms with E-state index in [1.54, 1.807) is 23.4 Å². The summed E-state index contributed by atoms with van der Waals surface area (Å²) in [6.45, 7) is 1.62. The van der Waals surface area contributed by atoms with Gasteiger partial charge < -0.3 is 9.80 Å². The molecule has 24 heavy (non-hydrogen) atoms. The maximum Gasteiger partial charge on any atom is 0.270 e. The zero-order valence-electron chi connectivity index (χ0n) is 13.8. The van der Waals surface area contributed by atoms with Crippen LogP contribution >= 0.6 is 0 Å². The van der Waals surface area contributed by atoms with Crippen LogP contribution in [-0.4, -0.2) is 52.8 Å². The van der Waals surface area contributed by atoms with E-state index in [4.69, 9.17) is 0 Å². The fraction of sp³-hybridized carbons (Fsp3) is 0.294. The van der Waals surface area contributed by atoms with Gasteiger partial charge in [-0.05, 0) is 31.8 Å². The quantitative estimate of drug-likeness (QED) is 0.575. The molecular formula is C17H20N4O3. The standard InChI is InChI=1S/C17H20N4O3/c1-19(2)9-10-20(13-14-5-4-8-18-12-14)17(22)15-6-3-7-16(11-15)21(23)24/h3-8,11-12H,9-10,13H2,1-2H3. The second-order valence-corrected chi connectivity index (χ2v) is 5.70. The zero-order chi connectivity index (χ0) is 17.5. The highest BCUT2D eigenvalue weighted by Crippen LogP contribution is 2.16. The maximum absolute atomic E-state index is 12.8. The summed E-state index contributed by atoms with van der Waals surface area (Å²) < 4.78 is 0. The lowest BCUT2D eigenvalue weighted by Crippen LogP contribution is -2.36. The van der Waals surface area contributed by atoms with E-state index >= 15 is 0 Å². The van der Waals surface area contributed by atoms with Crippen molar-refractivity contribution in [3.63, 3.8) is 0 Å². The Bertz CT molecular complexity index is 704. The number of rotatable bonds is 7. The van der Waals surface area contributed by atoms with Gasteiger partial charge in [0.1, 0.15) is 0 Å². The largest absolute Gasteiger partial charge is 0.333 e. The van der Waals surface area contributed by atoms with E-state index in [0.717, 1.165) is 5.56 Å². The molecule has 1 aromatic carbocycles. The lowest BCUT2D eigenvalue weighted by atomic mass is 10.1. The van der Waals surface area contributed by atoms with E-state index in [1.165, 1.54) is 18.2 Å². The Hall–Kier alpha value is -2.80. The summed E-state index contributed by atoms with van der Waals surface area (Å²) in [5.74, 6) is -0.232. The molecule has 2 rings (SSSR count). The van der Waals surface area contributed by atoms with Gasteiger partial charge in [0, 0.05) is 49.7 Å². The van der Waals surface area contributed by atoms with Crippen molar-refractivity contribution in [1.29, 1.82) is 0 Å². The minimum atomic E-state index is -0.498. The Morgan fingerprint density at radius 3 is 2.62 bits per heavy atom. The molecule has 0 spiro atoms. The number of hydrogen-bond acceptors (Lipinski definition) is 5. The molecule has 0 bridgehead atoms. The molecule has 0 aliphatic heterocycles. The Labute approximate surface area is 140 Å². The Morgan fingerprint density at radius 1 is 1.21 bits per heavy atom. The average molecular weight is 328 g/mol. The van der Waals surface area contributed by atoms with Crippen LogP contribution in [0.25, 0.3) is 0 Å². The molecule has 7 heteroatoms. The molecule has 0 unspecified atom stereocenters. The smallest absolute Gasteiger partial charge is 0.270 e. The molecule has 2 aromatic rings.